The monoisotopic (exact) mass is 545 g/mol. The number of nitrogens with one attached hydrogen (secondary N) is 1. The molecule has 0 unspecified atom stereocenters. The highest BCUT2D eigenvalue weighted by atomic mass is 35.5. The van der Waals surface area contributed by atoms with Crippen molar-refractivity contribution in [3.8, 4) is 0 Å². The normalized spacial score (nSPS) is 12.5. The average molecular weight is 546 g/mol. The van der Waals surface area contributed by atoms with Crippen LogP contribution in [-0.2, 0) is 14.4 Å². The Kier molecular flexibility index (Phi) is 12.0. The van der Waals surface area contributed by atoms with Gasteiger partial charge in [0, 0.05) is 42.9 Å². The number of aliphatic hydroxyl groups is 1. The maximum atomic E-state index is 13.2. The molecule has 0 aliphatic carbocycles. The third-order valence-electron chi connectivity index (χ3n) is 5.14. The number of fused-ring (bicyclic) bond motifs is 2. The molecule has 1 heterocycles. The molecule has 0 aromatic heterocycles. The first-order chi connectivity index (χ1) is 18.1. The molecule has 5 N–H and O–H groups in total. The molecule has 11 nitrogen and oxygen atoms in total. The average Bonchev–Trinajstić information content (AvgIpc) is 2.96. The van der Waals surface area contributed by atoms with E-state index >= 15 is 0 Å². The fraction of sp³-hybridized carbons (Fsp3) is 0.231. The highest BCUT2D eigenvalue weighted by Gasteiger charge is 2.30. The number of anilines is 3. The minimum Gasteiger partial charge on any atom is -0.478 e. The van der Waals surface area contributed by atoms with Crippen LogP contribution in [0.1, 0.15) is 16.8 Å². The van der Waals surface area contributed by atoms with E-state index < -0.39 is 17.9 Å². The van der Waals surface area contributed by atoms with Crippen LogP contribution in [0, 0.1) is 0 Å². The Labute approximate surface area is 223 Å². The molecule has 0 bridgehead atoms. The molecule has 202 valence electrons. The van der Waals surface area contributed by atoms with Gasteiger partial charge in [0.05, 0.1) is 29.2 Å². The van der Waals surface area contributed by atoms with Crippen molar-refractivity contribution in [1.82, 2.24) is 5.32 Å². The summed E-state index contributed by atoms with van der Waals surface area (Å²) in [6, 6.07) is 12.8. The van der Waals surface area contributed by atoms with Crippen LogP contribution in [0.2, 0.25) is 5.02 Å². The first-order valence-corrected chi connectivity index (χ1v) is 11.9. The van der Waals surface area contributed by atoms with Crippen molar-refractivity contribution in [3.05, 3.63) is 77.4 Å². The van der Waals surface area contributed by atoms with Gasteiger partial charge in [0.25, 0.3) is 5.91 Å². The molecule has 0 atom stereocenters. The number of aliphatic hydroxyl groups excluding tert-OH is 1. The Morgan fingerprint density at radius 1 is 0.842 bits per heavy atom. The van der Waals surface area contributed by atoms with Crippen molar-refractivity contribution >= 4 is 52.5 Å². The molecule has 0 radical (unpaired) electrons. The maximum Gasteiger partial charge on any atom is 0.328 e. The summed E-state index contributed by atoms with van der Waals surface area (Å²) in [7, 11) is 0. The molecule has 2 aromatic rings. The van der Waals surface area contributed by atoms with Gasteiger partial charge in [-0.3, -0.25) is 4.79 Å². The van der Waals surface area contributed by atoms with E-state index in [4.69, 9.17) is 26.9 Å². The van der Waals surface area contributed by atoms with Crippen molar-refractivity contribution in [1.29, 1.82) is 0 Å². The van der Waals surface area contributed by atoms with Gasteiger partial charge in [0.15, 0.2) is 0 Å². The summed E-state index contributed by atoms with van der Waals surface area (Å²) in [6.45, 7) is 1.82. The van der Waals surface area contributed by atoms with Gasteiger partial charge in [-0.05, 0) is 43.3 Å². The van der Waals surface area contributed by atoms with Crippen LogP contribution >= 0.6 is 11.6 Å². The number of carboxylic acids is 3. The number of carbonyl (C=O) groups excluding carboxylic acids is 1. The largest absolute Gasteiger partial charge is 0.478 e. The highest BCUT2D eigenvalue weighted by Crippen LogP contribution is 2.41. The number of carboxylic acid groups (broad SMARTS) is 3. The topological polar surface area (TPSA) is 168 Å². The molecule has 0 fully saturated rings. The lowest BCUT2D eigenvalue weighted by atomic mass is 10.1. The number of hydrogen-bond acceptors (Lipinski definition) is 7. The van der Waals surface area contributed by atoms with Crippen LogP contribution in [0.3, 0.4) is 0 Å². The van der Waals surface area contributed by atoms with E-state index in [0.29, 0.717) is 42.4 Å². The van der Waals surface area contributed by atoms with Crippen LogP contribution in [0.5, 0.6) is 0 Å². The van der Waals surface area contributed by atoms with Gasteiger partial charge in [0.1, 0.15) is 0 Å². The lowest BCUT2D eigenvalue weighted by molar-refractivity contribution is -0.134. The number of rotatable bonds is 11. The predicted molar refractivity (Wildman–Crippen MR) is 142 cm³/mol. The maximum absolute atomic E-state index is 13.2. The lowest BCUT2D eigenvalue weighted by Crippen LogP contribution is -2.32. The minimum atomic E-state index is -1.26. The quantitative estimate of drug-likeness (QED) is 0.209. The van der Waals surface area contributed by atoms with Crippen molar-refractivity contribution in [3.63, 3.8) is 0 Å². The van der Waals surface area contributed by atoms with E-state index in [0.717, 1.165) is 29.6 Å². The van der Waals surface area contributed by atoms with Crippen molar-refractivity contribution in [2.75, 3.05) is 42.6 Å². The van der Waals surface area contributed by atoms with Crippen LogP contribution in [0.4, 0.5) is 17.1 Å². The van der Waals surface area contributed by atoms with Crippen molar-refractivity contribution in [2.45, 2.75) is 6.42 Å². The van der Waals surface area contributed by atoms with E-state index in [1.165, 1.54) is 0 Å². The molecule has 2 aromatic carbocycles. The Morgan fingerprint density at radius 3 is 2.03 bits per heavy atom. The predicted octanol–water partition coefficient (Wildman–Crippen LogP) is 2.76. The fourth-order valence-corrected chi connectivity index (χ4v) is 3.79. The Hall–Kier alpha value is -4.19. The second kappa shape index (κ2) is 15.2. The number of para-hydroxylation sites is 2. The minimum absolute atomic E-state index is 0.142. The Morgan fingerprint density at radius 2 is 1.45 bits per heavy atom. The summed E-state index contributed by atoms with van der Waals surface area (Å²) in [4.78, 5) is 46.5. The molecular formula is C26H28ClN3O8. The van der Waals surface area contributed by atoms with Crippen LogP contribution in [0.15, 0.2) is 66.8 Å². The van der Waals surface area contributed by atoms with Gasteiger partial charge in [-0.15, -0.1) is 0 Å². The number of nitrogens with zero attached hydrogens (tertiary/aromatic N) is 2. The second-order valence-corrected chi connectivity index (χ2v) is 8.23. The molecule has 38 heavy (non-hydrogen) atoms. The van der Waals surface area contributed by atoms with Crippen LogP contribution in [-0.4, -0.2) is 77.0 Å². The van der Waals surface area contributed by atoms with Crippen LogP contribution < -0.4 is 15.1 Å². The number of benzene rings is 2. The summed E-state index contributed by atoms with van der Waals surface area (Å²) in [6.07, 6.45) is 4.54. The summed E-state index contributed by atoms with van der Waals surface area (Å²) in [5.74, 6) is -3.66. The standard InChI is InChI=1S/C22H24ClN3O4.C4H4O4/c23-16-8-9-17-20(15-16)25(12-4-11-24-10-3-7-21(28)29)18-5-1-2-6-19(18)26(13-14-27)22(17)30;5-3(6)1-2-4(7)8/h1-3,5-9,15,24,27H,4,10-14H2,(H,28,29);1-2H,(H,5,6)(H,7,8)/b7-3+;2-1-. The van der Waals surface area contributed by atoms with E-state index in [2.05, 4.69) is 10.2 Å². The Bertz CT molecular complexity index is 1200. The lowest BCUT2D eigenvalue weighted by Gasteiger charge is -2.27. The molecular weight excluding hydrogens is 518 g/mol. The highest BCUT2D eigenvalue weighted by molar-refractivity contribution is 6.31. The van der Waals surface area contributed by atoms with Crippen molar-refractivity contribution < 1.29 is 39.6 Å². The van der Waals surface area contributed by atoms with Gasteiger partial charge in [-0.2, -0.15) is 0 Å². The first-order valence-electron chi connectivity index (χ1n) is 11.5. The molecule has 0 saturated heterocycles. The number of hydrogen-bond donors (Lipinski definition) is 5. The summed E-state index contributed by atoms with van der Waals surface area (Å²) >= 11 is 6.25. The van der Waals surface area contributed by atoms with Gasteiger partial charge >= 0.3 is 17.9 Å². The van der Waals surface area contributed by atoms with Gasteiger partial charge in [-0.25, -0.2) is 14.4 Å². The molecule has 0 saturated carbocycles. The van der Waals surface area contributed by atoms with E-state index in [-0.39, 0.29) is 19.1 Å². The van der Waals surface area contributed by atoms with E-state index in [1.54, 1.807) is 29.2 Å². The van der Waals surface area contributed by atoms with Gasteiger partial charge < -0.3 is 35.5 Å². The van der Waals surface area contributed by atoms with Crippen molar-refractivity contribution in [2.24, 2.45) is 0 Å². The number of aliphatic carboxylic acids is 3. The van der Waals surface area contributed by atoms with Gasteiger partial charge in [-0.1, -0.05) is 29.8 Å². The first kappa shape index (κ1) is 30.0. The summed E-state index contributed by atoms with van der Waals surface area (Å²) in [5, 5.41) is 37.5. The molecule has 12 heteroatoms. The zero-order valence-electron chi connectivity index (χ0n) is 20.3. The fourth-order valence-electron chi connectivity index (χ4n) is 3.63. The second-order valence-electron chi connectivity index (χ2n) is 7.79. The smallest absolute Gasteiger partial charge is 0.328 e. The number of amides is 1. The zero-order chi connectivity index (χ0) is 28.1. The van der Waals surface area contributed by atoms with E-state index in [1.807, 2.05) is 24.3 Å². The molecule has 0 spiro atoms. The van der Waals surface area contributed by atoms with E-state index in [9.17, 15) is 24.3 Å². The molecule has 3 rings (SSSR count). The van der Waals surface area contributed by atoms with Gasteiger partial charge in [0.2, 0.25) is 0 Å². The third kappa shape index (κ3) is 9.04. The SMILES string of the molecule is O=C(O)/C=C/CNCCCN1c2cc(Cl)ccc2C(=O)N(CCO)c2ccccc21.O=C(O)/C=C\C(=O)O. The molecule has 1 aliphatic heterocycles. The van der Waals surface area contributed by atoms with Crippen LogP contribution in [0.25, 0.3) is 0 Å². The number of halogens is 1. The number of carbonyl (C=O) groups is 4. The zero-order valence-corrected chi connectivity index (χ0v) is 21.0. The Balaban J connectivity index is 0.000000550. The number of β-amino-alcohol motifs (C(OH)–C–C–N with tert-alkyl or cyclic N) is 1. The molecule has 1 amide bonds. The summed E-state index contributed by atoms with van der Waals surface area (Å²) in [5.41, 5.74) is 2.86. The summed E-state index contributed by atoms with van der Waals surface area (Å²) < 4.78 is 0. The third-order valence-corrected chi connectivity index (χ3v) is 5.37. The molecule has 1 aliphatic rings.